The highest BCUT2D eigenvalue weighted by Gasteiger charge is 2.36. The highest BCUT2D eigenvalue weighted by molar-refractivity contribution is 5.73. The normalized spacial score (nSPS) is 30.6. The molecule has 2 heteroatoms. The highest BCUT2D eigenvalue weighted by atomic mass is 16.5. The number of hydrogen-bond donors (Lipinski definition) is 0. The molecule has 3 atom stereocenters. The highest BCUT2D eigenvalue weighted by Crippen LogP contribution is 2.35. The molecular weight excluding hydrogens is 188 g/mol. The van der Waals surface area contributed by atoms with E-state index < -0.39 is 0 Å². The summed E-state index contributed by atoms with van der Waals surface area (Å²) in [6, 6.07) is 0. The van der Waals surface area contributed by atoms with Crippen molar-refractivity contribution in [3.8, 4) is 0 Å². The average Bonchev–Trinajstić information content (AvgIpc) is 2.17. The average molecular weight is 210 g/mol. The minimum absolute atomic E-state index is 0.0203. The van der Waals surface area contributed by atoms with Gasteiger partial charge >= 0.3 is 5.97 Å². The fourth-order valence-electron chi connectivity index (χ4n) is 2.42. The summed E-state index contributed by atoms with van der Waals surface area (Å²) in [5.74, 6) is 1.31. The van der Waals surface area contributed by atoms with Crippen LogP contribution in [0.1, 0.15) is 34.1 Å². The predicted molar refractivity (Wildman–Crippen MR) is 61.4 cm³/mol. The van der Waals surface area contributed by atoms with Crippen LogP contribution < -0.4 is 0 Å². The molecule has 0 aromatic carbocycles. The van der Waals surface area contributed by atoms with E-state index in [0.717, 1.165) is 6.42 Å². The third-order valence-electron chi connectivity index (χ3n) is 3.29. The predicted octanol–water partition coefficient (Wildman–Crippen LogP) is 3.03. The first-order chi connectivity index (χ1) is 7.07. The molecule has 3 unspecified atom stereocenters. The van der Waals surface area contributed by atoms with Gasteiger partial charge in [-0.05, 0) is 31.1 Å². The zero-order chi connectivity index (χ0) is 11.4. The molecule has 0 saturated carbocycles. The van der Waals surface area contributed by atoms with Gasteiger partial charge in [0.1, 0.15) is 0 Å². The Hall–Kier alpha value is -0.790. The van der Waals surface area contributed by atoms with Crippen molar-refractivity contribution in [2.75, 3.05) is 6.61 Å². The fraction of sp³-hybridized carbons (Fsp3) is 0.769. The Kier molecular flexibility index (Phi) is 4.37. The van der Waals surface area contributed by atoms with Crippen LogP contribution in [0, 0.1) is 23.7 Å². The van der Waals surface area contributed by atoms with E-state index in [1.54, 1.807) is 0 Å². The summed E-state index contributed by atoms with van der Waals surface area (Å²) in [6.45, 7) is 8.82. The summed E-state index contributed by atoms with van der Waals surface area (Å²) >= 11 is 0. The van der Waals surface area contributed by atoms with Crippen LogP contribution in [0.2, 0.25) is 0 Å². The van der Waals surface area contributed by atoms with Gasteiger partial charge in [-0.25, -0.2) is 0 Å². The Morgan fingerprint density at radius 3 is 2.73 bits per heavy atom. The molecule has 0 fully saturated rings. The van der Waals surface area contributed by atoms with Gasteiger partial charge in [0, 0.05) is 0 Å². The van der Waals surface area contributed by atoms with Crippen molar-refractivity contribution in [2.45, 2.75) is 34.1 Å². The first-order valence-corrected chi connectivity index (χ1v) is 5.91. The molecule has 0 aliphatic heterocycles. The molecule has 0 spiro atoms. The smallest absolute Gasteiger partial charge is 0.309 e. The maximum absolute atomic E-state index is 11.9. The lowest BCUT2D eigenvalue weighted by atomic mass is 9.71. The third kappa shape index (κ3) is 2.83. The van der Waals surface area contributed by atoms with Gasteiger partial charge in [0.2, 0.25) is 0 Å². The number of carbonyl (C=O) groups is 1. The van der Waals surface area contributed by atoms with Gasteiger partial charge in [-0.2, -0.15) is 0 Å². The summed E-state index contributed by atoms with van der Waals surface area (Å²) in [7, 11) is 0. The van der Waals surface area contributed by atoms with Crippen molar-refractivity contribution in [3.05, 3.63) is 12.2 Å². The Morgan fingerprint density at radius 1 is 1.53 bits per heavy atom. The second-order valence-electron chi connectivity index (χ2n) is 4.71. The zero-order valence-electron chi connectivity index (χ0n) is 10.2. The number of ether oxygens (including phenoxy) is 1. The van der Waals surface area contributed by atoms with E-state index in [1.807, 2.05) is 6.92 Å². The molecule has 86 valence electrons. The van der Waals surface area contributed by atoms with Gasteiger partial charge in [-0.3, -0.25) is 4.79 Å². The summed E-state index contributed by atoms with van der Waals surface area (Å²) in [4.78, 5) is 11.9. The van der Waals surface area contributed by atoms with E-state index in [0.29, 0.717) is 24.4 Å². The third-order valence-corrected chi connectivity index (χ3v) is 3.29. The van der Waals surface area contributed by atoms with Gasteiger partial charge < -0.3 is 4.74 Å². The number of hydrogen-bond acceptors (Lipinski definition) is 2. The maximum atomic E-state index is 11.9. The van der Waals surface area contributed by atoms with Crippen LogP contribution in [0.4, 0.5) is 0 Å². The molecule has 2 nitrogen and oxygen atoms in total. The van der Waals surface area contributed by atoms with Gasteiger partial charge in [0.25, 0.3) is 0 Å². The van der Waals surface area contributed by atoms with Crippen molar-refractivity contribution >= 4 is 5.97 Å². The van der Waals surface area contributed by atoms with Gasteiger partial charge in [-0.15, -0.1) is 0 Å². The summed E-state index contributed by atoms with van der Waals surface area (Å²) < 4.78 is 5.16. The lowest BCUT2D eigenvalue weighted by Gasteiger charge is -2.33. The van der Waals surface area contributed by atoms with Crippen LogP contribution >= 0.6 is 0 Å². The summed E-state index contributed by atoms with van der Waals surface area (Å²) in [5.41, 5.74) is 0. The molecule has 0 aromatic rings. The summed E-state index contributed by atoms with van der Waals surface area (Å²) in [6.07, 6.45) is 5.34. The molecule has 1 rings (SSSR count). The van der Waals surface area contributed by atoms with Gasteiger partial charge in [0.15, 0.2) is 0 Å². The standard InChI is InChI=1S/C13H22O2/c1-5-15-13(14)12-10(4)7-6-8-11(12)9(2)3/h6-7,9-12H,5,8H2,1-4H3. The topological polar surface area (TPSA) is 26.3 Å². The molecule has 15 heavy (non-hydrogen) atoms. The Labute approximate surface area is 92.7 Å². The van der Waals surface area contributed by atoms with E-state index in [2.05, 4.69) is 32.9 Å². The minimum Gasteiger partial charge on any atom is -0.466 e. The van der Waals surface area contributed by atoms with Crippen molar-refractivity contribution in [1.29, 1.82) is 0 Å². The second kappa shape index (κ2) is 5.34. The van der Waals surface area contributed by atoms with Crippen molar-refractivity contribution < 1.29 is 9.53 Å². The minimum atomic E-state index is -0.0203. The molecule has 0 aromatic heterocycles. The largest absolute Gasteiger partial charge is 0.466 e. The fourth-order valence-corrected chi connectivity index (χ4v) is 2.42. The van der Waals surface area contributed by atoms with Crippen LogP contribution in [0.25, 0.3) is 0 Å². The molecule has 1 aliphatic carbocycles. The Balaban J connectivity index is 2.79. The van der Waals surface area contributed by atoms with Crippen molar-refractivity contribution in [2.24, 2.45) is 23.7 Å². The Bertz CT molecular complexity index is 243. The molecule has 0 radical (unpaired) electrons. The molecular formula is C13H22O2. The lowest BCUT2D eigenvalue weighted by Crippen LogP contribution is -2.35. The number of carbonyl (C=O) groups excluding carboxylic acids is 1. The quantitative estimate of drug-likeness (QED) is 0.528. The van der Waals surface area contributed by atoms with Gasteiger partial charge in [0.05, 0.1) is 12.5 Å². The summed E-state index contributed by atoms with van der Waals surface area (Å²) in [5, 5.41) is 0. The van der Waals surface area contributed by atoms with E-state index in [-0.39, 0.29) is 11.9 Å². The number of rotatable bonds is 3. The first kappa shape index (κ1) is 12.3. The maximum Gasteiger partial charge on any atom is 0.309 e. The lowest BCUT2D eigenvalue weighted by molar-refractivity contribution is -0.152. The number of allylic oxidation sites excluding steroid dienone is 2. The van der Waals surface area contributed by atoms with Crippen LogP contribution in [0.15, 0.2) is 12.2 Å². The monoisotopic (exact) mass is 210 g/mol. The molecule has 0 N–H and O–H groups in total. The van der Waals surface area contributed by atoms with Crippen LogP contribution in [0.5, 0.6) is 0 Å². The molecule has 1 aliphatic rings. The molecule has 0 amide bonds. The number of esters is 1. The van der Waals surface area contributed by atoms with Gasteiger partial charge in [-0.1, -0.05) is 32.9 Å². The van der Waals surface area contributed by atoms with Crippen LogP contribution in [-0.4, -0.2) is 12.6 Å². The zero-order valence-corrected chi connectivity index (χ0v) is 10.2. The second-order valence-corrected chi connectivity index (χ2v) is 4.71. The van der Waals surface area contributed by atoms with Crippen molar-refractivity contribution in [3.63, 3.8) is 0 Å². The SMILES string of the molecule is CCOC(=O)C1C(C)C=CCC1C(C)C. The van der Waals surface area contributed by atoms with E-state index in [4.69, 9.17) is 4.74 Å². The van der Waals surface area contributed by atoms with Crippen molar-refractivity contribution in [1.82, 2.24) is 0 Å². The van der Waals surface area contributed by atoms with E-state index in [9.17, 15) is 4.79 Å². The van der Waals surface area contributed by atoms with E-state index in [1.165, 1.54) is 0 Å². The molecule has 0 saturated heterocycles. The van der Waals surface area contributed by atoms with Crippen LogP contribution in [-0.2, 0) is 9.53 Å². The first-order valence-electron chi connectivity index (χ1n) is 5.91. The Morgan fingerprint density at radius 2 is 2.20 bits per heavy atom. The van der Waals surface area contributed by atoms with Crippen LogP contribution in [0.3, 0.4) is 0 Å². The molecule has 0 bridgehead atoms. The molecule has 0 heterocycles. The van der Waals surface area contributed by atoms with E-state index >= 15 is 0 Å².